The number of aromatic nitrogens is 1. The number of aryl methyl sites for hydroxylation is 1. The Hall–Kier alpha value is -3.15. The fraction of sp³-hybridized carbons (Fsp3) is 0.429. The number of benzene rings is 2. The molecular weight excluding hydrogens is 427 g/mol. The summed E-state index contributed by atoms with van der Waals surface area (Å²) in [5, 5.41) is 11.1. The number of amides is 1. The second-order valence-corrected chi connectivity index (χ2v) is 9.83. The van der Waals surface area contributed by atoms with Crippen LogP contribution in [0.5, 0.6) is 0 Å². The summed E-state index contributed by atoms with van der Waals surface area (Å²) >= 11 is 0. The van der Waals surface area contributed by atoms with Crippen LogP contribution in [0.15, 0.2) is 48.5 Å². The Balaban J connectivity index is 1.42. The normalized spacial score (nSPS) is 18.5. The molecule has 1 fully saturated rings. The van der Waals surface area contributed by atoms with E-state index in [4.69, 9.17) is 0 Å². The smallest absolute Gasteiger partial charge is 0.251 e. The van der Waals surface area contributed by atoms with Gasteiger partial charge in [0, 0.05) is 41.0 Å². The van der Waals surface area contributed by atoms with E-state index in [0.29, 0.717) is 11.3 Å². The standard InChI is InChI=1S/C28H35FN4O/c1-5-30-22-8-6-7-19(16-22)27(34)32-21-12-10-20(11-13-21)31-25-17-26(28(3,4)29)33-24-14-9-18(2)15-23(24)25/h6-9,14-17,20-21,30H,5,10-13H2,1-4H3,(H,31,33)(H,32,34). The Morgan fingerprint density at radius 1 is 1.06 bits per heavy atom. The van der Waals surface area contributed by atoms with Crippen LogP contribution in [-0.2, 0) is 5.67 Å². The van der Waals surface area contributed by atoms with E-state index in [-0.39, 0.29) is 18.0 Å². The Labute approximate surface area is 201 Å². The van der Waals surface area contributed by atoms with E-state index in [1.54, 1.807) is 13.8 Å². The predicted molar refractivity (Wildman–Crippen MR) is 138 cm³/mol. The average Bonchev–Trinajstić information content (AvgIpc) is 2.80. The maximum absolute atomic E-state index is 14.7. The molecule has 1 saturated carbocycles. The third-order valence-electron chi connectivity index (χ3n) is 6.50. The van der Waals surface area contributed by atoms with Crippen molar-refractivity contribution in [1.29, 1.82) is 0 Å². The highest BCUT2D eigenvalue weighted by molar-refractivity contribution is 5.95. The molecule has 1 aromatic heterocycles. The highest BCUT2D eigenvalue weighted by atomic mass is 19.1. The molecular formula is C28H35FN4O. The molecule has 0 spiro atoms. The van der Waals surface area contributed by atoms with Gasteiger partial charge >= 0.3 is 0 Å². The van der Waals surface area contributed by atoms with Crippen LogP contribution >= 0.6 is 0 Å². The molecule has 0 saturated heterocycles. The number of rotatable bonds is 7. The van der Waals surface area contributed by atoms with Crippen molar-refractivity contribution in [3.8, 4) is 0 Å². The lowest BCUT2D eigenvalue weighted by atomic mass is 9.90. The molecule has 0 bridgehead atoms. The molecule has 0 unspecified atom stereocenters. The highest BCUT2D eigenvalue weighted by Gasteiger charge is 2.26. The van der Waals surface area contributed by atoms with Crippen molar-refractivity contribution in [2.45, 2.75) is 71.1 Å². The summed E-state index contributed by atoms with van der Waals surface area (Å²) in [6, 6.07) is 16.0. The monoisotopic (exact) mass is 462 g/mol. The van der Waals surface area contributed by atoms with E-state index in [9.17, 15) is 9.18 Å². The van der Waals surface area contributed by atoms with Crippen LogP contribution in [-0.4, -0.2) is 29.5 Å². The lowest BCUT2D eigenvalue weighted by molar-refractivity contribution is 0.0926. The van der Waals surface area contributed by atoms with Crippen molar-refractivity contribution in [1.82, 2.24) is 10.3 Å². The summed E-state index contributed by atoms with van der Waals surface area (Å²) < 4.78 is 14.7. The first-order valence-electron chi connectivity index (χ1n) is 12.2. The minimum atomic E-state index is -1.51. The molecule has 180 valence electrons. The Bertz CT molecular complexity index is 1160. The fourth-order valence-corrected chi connectivity index (χ4v) is 4.61. The number of halogens is 1. The minimum absolute atomic E-state index is 0.0263. The van der Waals surface area contributed by atoms with Crippen LogP contribution in [0.25, 0.3) is 10.9 Å². The van der Waals surface area contributed by atoms with Crippen LogP contribution in [0.2, 0.25) is 0 Å². The third kappa shape index (κ3) is 5.66. The van der Waals surface area contributed by atoms with Gasteiger partial charge in [0.1, 0.15) is 5.67 Å². The molecule has 0 aliphatic heterocycles. The van der Waals surface area contributed by atoms with Gasteiger partial charge in [-0.25, -0.2) is 9.37 Å². The fourth-order valence-electron chi connectivity index (χ4n) is 4.61. The number of nitrogens with one attached hydrogen (secondary N) is 3. The number of anilines is 2. The molecule has 4 rings (SSSR count). The zero-order valence-electron chi connectivity index (χ0n) is 20.5. The molecule has 1 heterocycles. The van der Waals surface area contributed by atoms with Crippen molar-refractivity contribution in [3.05, 3.63) is 65.4 Å². The van der Waals surface area contributed by atoms with Crippen LogP contribution in [0.4, 0.5) is 15.8 Å². The van der Waals surface area contributed by atoms with Crippen molar-refractivity contribution >= 4 is 28.2 Å². The van der Waals surface area contributed by atoms with Crippen LogP contribution in [0.3, 0.4) is 0 Å². The topological polar surface area (TPSA) is 66.1 Å². The first-order chi connectivity index (χ1) is 16.2. The average molecular weight is 463 g/mol. The van der Waals surface area contributed by atoms with Gasteiger partial charge in [0.05, 0.1) is 11.2 Å². The Morgan fingerprint density at radius 3 is 2.50 bits per heavy atom. The van der Waals surface area contributed by atoms with E-state index in [0.717, 1.165) is 60.1 Å². The van der Waals surface area contributed by atoms with E-state index in [2.05, 4.69) is 33.9 Å². The molecule has 1 aliphatic carbocycles. The van der Waals surface area contributed by atoms with Gasteiger partial charge in [0.2, 0.25) is 0 Å². The predicted octanol–water partition coefficient (Wildman–Crippen LogP) is 6.33. The molecule has 1 amide bonds. The number of carbonyl (C=O) groups excluding carboxylic acids is 1. The van der Waals surface area contributed by atoms with E-state index >= 15 is 0 Å². The van der Waals surface area contributed by atoms with Gasteiger partial charge in [-0.15, -0.1) is 0 Å². The molecule has 1 aliphatic rings. The summed E-state index contributed by atoms with van der Waals surface area (Å²) in [5.74, 6) is -0.0263. The largest absolute Gasteiger partial charge is 0.385 e. The lowest BCUT2D eigenvalue weighted by Crippen LogP contribution is -2.40. The van der Waals surface area contributed by atoms with Crippen molar-refractivity contribution in [3.63, 3.8) is 0 Å². The van der Waals surface area contributed by atoms with Gasteiger partial charge in [-0.1, -0.05) is 17.7 Å². The second kappa shape index (κ2) is 10.00. The van der Waals surface area contributed by atoms with Gasteiger partial charge in [-0.3, -0.25) is 4.79 Å². The number of nitrogens with zero attached hydrogens (tertiary/aromatic N) is 1. The van der Waals surface area contributed by atoms with E-state index in [1.165, 1.54) is 0 Å². The maximum atomic E-state index is 14.7. The van der Waals surface area contributed by atoms with Crippen LogP contribution in [0, 0.1) is 6.92 Å². The van der Waals surface area contributed by atoms with Gasteiger partial charge in [-0.2, -0.15) is 0 Å². The summed E-state index contributed by atoms with van der Waals surface area (Å²) in [7, 11) is 0. The number of carbonyl (C=O) groups is 1. The zero-order valence-corrected chi connectivity index (χ0v) is 20.5. The van der Waals surface area contributed by atoms with Gasteiger partial charge in [0.25, 0.3) is 5.91 Å². The summed E-state index contributed by atoms with van der Waals surface area (Å²) in [4.78, 5) is 17.3. The lowest BCUT2D eigenvalue weighted by Gasteiger charge is -2.31. The molecule has 2 aromatic carbocycles. The van der Waals surface area contributed by atoms with Crippen LogP contribution in [0.1, 0.15) is 68.1 Å². The quantitative estimate of drug-likeness (QED) is 0.384. The third-order valence-corrected chi connectivity index (χ3v) is 6.50. The SMILES string of the molecule is CCNc1cccc(C(=O)NC2CCC(Nc3cc(C(C)(C)F)nc4ccc(C)cc34)CC2)c1. The van der Waals surface area contributed by atoms with Crippen LogP contribution < -0.4 is 16.0 Å². The van der Waals surface area contributed by atoms with Gasteiger partial charge < -0.3 is 16.0 Å². The van der Waals surface area contributed by atoms with Gasteiger partial charge in [-0.05, 0) is 89.8 Å². The Kier molecular flexibility index (Phi) is 7.05. The first kappa shape index (κ1) is 24.0. The van der Waals surface area contributed by atoms with E-state index in [1.807, 2.05) is 49.4 Å². The summed E-state index contributed by atoms with van der Waals surface area (Å²) in [5.41, 5.74) is 3.44. The number of pyridine rings is 1. The molecule has 0 atom stereocenters. The molecule has 0 radical (unpaired) electrons. The van der Waals surface area contributed by atoms with Crippen molar-refractivity contribution < 1.29 is 9.18 Å². The molecule has 34 heavy (non-hydrogen) atoms. The molecule has 3 N–H and O–H groups in total. The second-order valence-electron chi connectivity index (χ2n) is 9.83. The molecule has 3 aromatic rings. The zero-order chi connectivity index (χ0) is 24.3. The molecule has 5 nitrogen and oxygen atoms in total. The minimum Gasteiger partial charge on any atom is -0.385 e. The summed E-state index contributed by atoms with van der Waals surface area (Å²) in [6.07, 6.45) is 3.68. The summed E-state index contributed by atoms with van der Waals surface area (Å²) in [6.45, 7) is 7.99. The van der Waals surface area contributed by atoms with Crippen molar-refractivity contribution in [2.24, 2.45) is 0 Å². The van der Waals surface area contributed by atoms with Crippen molar-refractivity contribution in [2.75, 3.05) is 17.2 Å². The highest BCUT2D eigenvalue weighted by Crippen LogP contribution is 2.33. The first-order valence-corrected chi connectivity index (χ1v) is 12.2. The van der Waals surface area contributed by atoms with E-state index < -0.39 is 5.67 Å². The molecule has 6 heteroatoms. The Morgan fingerprint density at radius 2 is 1.79 bits per heavy atom. The number of fused-ring (bicyclic) bond motifs is 1. The number of hydrogen-bond acceptors (Lipinski definition) is 4. The number of alkyl halides is 1. The van der Waals surface area contributed by atoms with Gasteiger partial charge in [0.15, 0.2) is 0 Å². The number of hydrogen-bond donors (Lipinski definition) is 3. The maximum Gasteiger partial charge on any atom is 0.251 e.